The minimum absolute atomic E-state index is 0.594. The highest BCUT2D eigenvalue weighted by atomic mass is 35.5. The van der Waals surface area contributed by atoms with Gasteiger partial charge in [0.05, 0.1) is 5.54 Å². The molecule has 23 heavy (non-hydrogen) atoms. The largest absolute Gasteiger partial charge is 0.340 e. The smallest absolute Gasteiger partial charge is 0.292 e. The molecule has 0 radical (unpaired) electrons. The molecule has 0 aliphatic rings. The zero-order valence-electron chi connectivity index (χ0n) is 13.0. The Bertz CT molecular complexity index is 719. The summed E-state index contributed by atoms with van der Waals surface area (Å²) < 4.78 is 0. The molecule has 0 saturated heterocycles. The summed E-state index contributed by atoms with van der Waals surface area (Å²) in [5.41, 5.74) is 1.11. The molecule has 2 aromatic rings. The topological polar surface area (TPSA) is 46.2 Å². The fourth-order valence-electron chi connectivity index (χ4n) is 2.09. The van der Waals surface area contributed by atoms with Gasteiger partial charge < -0.3 is 5.32 Å². The number of hydrogen-bond donors (Lipinski definition) is 1. The third-order valence-corrected chi connectivity index (χ3v) is 3.69. The van der Waals surface area contributed by atoms with Gasteiger partial charge in [-0.15, -0.1) is 0 Å². The fourth-order valence-corrected chi connectivity index (χ4v) is 2.22. The van der Waals surface area contributed by atoms with Gasteiger partial charge in [-0.3, -0.25) is 9.59 Å². The van der Waals surface area contributed by atoms with Crippen LogP contribution in [-0.2, 0) is 15.1 Å². The lowest BCUT2D eigenvalue weighted by Gasteiger charge is -2.26. The van der Waals surface area contributed by atoms with Crippen LogP contribution in [-0.4, -0.2) is 11.7 Å². The monoisotopic (exact) mass is 327 g/mol. The molecule has 0 spiro atoms. The van der Waals surface area contributed by atoms with Crippen molar-refractivity contribution in [2.24, 2.45) is 0 Å². The van der Waals surface area contributed by atoms with Gasteiger partial charge in [0.25, 0.3) is 5.91 Å². The number of carbonyl (C=O) groups excluding carboxylic acids is 2. The van der Waals surface area contributed by atoms with Crippen LogP contribution >= 0.6 is 11.6 Å². The van der Waals surface area contributed by atoms with Gasteiger partial charge in [0.2, 0.25) is 5.78 Å². The van der Waals surface area contributed by atoms with E-state index < -0.39 is 17.2 Å². The molecule has 2 rings (SSSR count). The molecular weight excluding hydrogens is 310 g/mol. The van der Waals surface area contributed by atoms with Crippen LogP contribution in [0.25, 0.3) is 6.08 Å². The minimum atomic E-state index is -0.635. The highest BCUT2D eigenvalue weighted by molar-refractivity contribution is 6.41. The Labute approximate surface area is 141 Å². The number of halogens is 1. The Hall–Kier alpha value is -2.39. The van der Waals surface area contributed by atoms with Crippen molar-refractivity contribution in [1.82, 2.24) is 5.32 Å². The van der Waals surface area contributed by atoms with Gasteiger partial charge >= 0.3 is 0 Å². The molecule has 3 nitrogen and oxygen atoms in total. The molecule has 0 aliphatic heterocycles. The van der Waals surface area contributed by atoms with Crippen molar-refractivity contribution in [1.29, 1.82) is 0 Å². The van der Waals surface area contributed by atoms with Gasteiger partial charge in [-0.2, -0.15) is 0 Å². The molecule has 0 heterocycles. The van der Waals surface area contributed by atoms with Gasteiger partial charge in [0, 0.05) is 5.02 Å². The average Bonchev–Trinajstić information content (AvgIpc) is 2.54. The van der Waals surface area contributed by atoms with Crippen molar-refractivity contribution in [3.05, 3.63) is 76.8 Å². The molecule has 118 valence electrons. The molecule has 4 heteroatoms. The number of hydrogen-bond acceptors (Lipinski definition) is 2. The number of ketones is 1. The summed E-state index contributed by atoms with van der Waals surface area (Å²) in [5, 5.41) is 3.38. The first kappa shape index (κ1) is 17.0. The van der Waals surface area contributed by atoms with Crippen LogP contribution in [0.2, 0.25) is 5.02 Å². The Balaban J connectivity index is 2.02. The molecular formula is C19H18ClNO2. The molecule has 0 bridgehead atoms. The SMILES string of the molecule is CC(C)(NC(=O)C(=O)C=Cc1ccc(Cl)cc1)c1ccccc1. The number of carbonyl (C=O) groups is 2. The highest BCUT2D eigenvalue weighted by Crippen LogP contribution is 2.19. The third-order valence-electron chi connectivity index (χ3n) is 3.44. The summed E-state index contributed by atoms with van der Waals surface area (Å²) in [5.74, 6) is -1.23. The summed E-state index contributed by atoms with van der Waals surface area (Å²) in [7, 11) is 0. The summed E-state index contributed by atoms with van der Waals surface area (Å²) in [6, 6.07) is 16.5. The Kier molecular flexibility index (Phi) is 5.35. The second-order valence-corrected chi connectivity index (χ2v) is 6.13. The Morgan fingerprint density at radius 2 is 1.61 bits per heavy atom. The van der Waals surface area contributed by atoms with E-state index in [0.29, 0.717) is 5.02 Å². The van der Waals surface area contributed by atoms with E-state index >= 15 is 0 Å². The molecule has 2 aromatic carbocycles. The lowest BCUT2D eigenvalue weighted by Crippen LogP contribution is -2.43. The minimum Gasteiger partial charge on any atom is -0.340 e. The van der Waals surface area contributed by atoms with Crippen LogP contribution in [0.1, 0.15) is 25.0 Å². The molecule has 0 fully saturated rings. The number of benzene rings is 2. The molecule has 0 aliphatic carbocycles. The second kappa shape index (κ2) is 7.25. The van der Waals surface area contributed by atoms with Crippen LogP contribution < -0.4 is 5.32 Å². The van der Waals surface area contributed by atoms with E-state index in [1.54, 1.807) is 30.3 Å². The summed E-state index contributed by atoms with van der Waals surface area (Å²) in [4.78, 5) is 24.0. The predicted octanol–water partition coefficient (Wildman–Crippen LogP) is 3.97. The van der Waals surface area contributed by atoms with Crippen LogP contribution in [0.5, 0.6) is 0 Å². The van der Waals surface area contributed by atoms with Gasteiger partial charge in [-0.25, -0.2) is 0 Å². The van der Waals surface area contributed by atoms with Crippen LogP contribution in [0.4, 0.5) is 0 Å². The zero-order chi connectivity index (χ0) is 16.9. The van der Waals surface area contributed by atoms with Gasteiger partial charge in [-0.1, -0.05) is 60.1 Å². The third kappa shape index (κ3) is 4.80. The van der Waals surface area contributed by atoms with E-state index in [4.69, 9.17) is 11.6 Å². The Morgan fingerprint density at radius 3 is 2.22 bits per heavy atom. The normalized spacial score (nSPS) is 11.4. The molecule has 0 unspecified atom stereocenters. The lowest BCUT2D eigenvalue weighted by atomic mass is 9.94. The quantitative estimate of drug-likeness (QED) is 0.667. The van der Waals surface area contributed by atoms with Crippen molar-refractivity contribution in [3.63, 3.8) is 0 Å². The van der Waals surface area contributed by atoms with Crippen molar-refractivity contribution < 1.29 is 9.59 Å². The van der Waals surface area contributed by atoms with Gasteiger partial charge in [0.15, 0.2) is 0 Å². The van der Waals surface area contributed by atoms with Gasteiger partial charge in [-0.05, 0) is 43.2 Å². The van der Waals surface area contributed by atoms with E-state index in [1.165, 1.54) is 6.08 Å². The van der Waals surface area contributed by atoms with Gasteiger partial charge in [0.1, 0.15) is 0 Å². The number of amides is 1. The maximum absolute atomic E-state index is 12.1. The summed E-state index contributed by atoms with van der Waals surface area (Å²) >= 11 is 5.80. The van der Waals surface area contributed by atoms with E-state index in [0.717, 1.165) is 11.1 Å². The number of rotatable bonds is 5. The van der Waals surface area contributed by atoms with E-state index in [-0.39, 0.29) is 0 Å². The predicted molar refractivity (Wildman–Crippen MR) is 93.1 cm³/mol. The first-order valence-electron chi connectivity index (χ1n) is 7.24. The molecule has 1 amide bonds. The average molecular weight is 328 g/mol. The zero-order valence-corrected chi connectivity index (χ0v) is 13.8. The first-order valence-corrected chi connectivity index (χ1v) is 7.62. The van der Waals surface area contributed by atoms with Crippen molar-refractivity contribution in [2.75, 3.05) is 0 Å². The molecule has 0 aromatic heterocycles. The maximum Gasteiger partial charge on any atom is 0.292 e. The van der Waals surface area contributed by atoms with Crippen molar-refractivity contribution >= 4 is 29.4 Å². The molecule has 1 N–H and O–H groups in total. The first-order chi connectivity index (χ1) is 10.9. The Morgan fingerprint density at radius 1 is 1.00 bits per heavy atom. The lowest BCUT2D eigenvalue weighted by molar-refractivity contribution is -0.136. The molecule has 0 atom stereocenters. The van der Waals surface area contributed by atoms with E-state index in [2.05, 4.69) is 5.32 Å². The highest BCUT2D eigenvalue weighted by Gasteiger charge is 2.24. The van der Waals surface area contributed by atoms with E-state index in [1.807, 2.05) is 44.2 Å². The summed E-state index contributed by atoms with van der Waals surface area (Å²) in [6.45, 7) is 3.72. The van der Waals surface area contributed by atoms with Crippen LogP contribution in [0, 0.1) is 0 Å². The standard InChI is InChI=1S/C19H18ClNO2/c1-19(2,15-6-4-3-5-7-15)21-18(23)17(22)13-10-14-8-11-16(20)12-9-14/h3-13H,1-2H3,(H,21,23). The second-order valence-electron chi connectivity index (χ2n) is 5.69. The van der Waals surface area contributed by atoms with E-state index in [9.17, 15) is 9.59 Å². The fraction of sp³-hybridized carbons (Fsp3) is 0.158. The number of nitrogens with one attached hydrogen (secondary N) is 1. The van der Waals surface area contributed by atoms with Crippen molar-refractivity contribution in [3.8, 4) is 0 Å². The van der Waals surface area contributed by atoms with Crippen molar-refractivity contribution in [2.45, 2.75) is 19.4 Å². The van der Waals surface area contributed by atoms with Crippen LogP contribution in [0.3, 0.4) is 0 Å². The summed E-state index contributed by atoms with van der Waals surface area (Å²) in [6.07, 6.45) is 2.85. The molecule has 0 saturated carbocycles. The van der Waals surface area contributed by atoms with Crippen LogP contribution in [0.15, 0.2) is 60.7 Å². The maximum atomic E-state index is 12.1.